The Morgan fingerprint density at radius 2 is 0.925 bits per heavy atom. The molecule has 0 radical (unpaired) electrons. The van der Waals surface area contributed by atoms with Crippen molar-refractivity contribution in [2.45, 2.75) is 459 Å². The quantitative estimate of drug-likeness (QED) is 0.0887. The van der Waals surface area contributed by atoms with Gasteiger partial charge in [-0.25, -0.2) is 15.0 Å². The van der Waals surface area contributed by atoms with Crippen LogP contribution in [0.3, 0.4) is 0 Å². The summed E-state index contributed by atoms with van der Waals surface area (Å²) in [6.07, 6.45) is 24.1. The monoisotopic (exact) mass is 2350 g/mol. The zero-order valence-corrected chi connectivity index (χ0v) is 103. The summed E-state index contributed by atoms with van der Waals surface area (Å²) >= 11 is 0. The molecule has 3 unspecified atom stereocenters. The van der Waals surface area contributed by atoms with Crippen LogP contribution in [-0.4, -0.2) is 94.7 Å². The number of fused-ring (bicyclic) bond motifs is 3. The van der Waals surface area contributed by atoms with E-state index in [-0.39, 0.29) is 91.5 Å². The third kappa shape index (κ3) is 55.4. The van der Waals surface area contributed by atoms with Gasteiger partial charge in [0.25, 0.3) is 0 Å². The molecule has 3 aliphatic carbocycles. The second-order valence-corrected chi connectivity index (χ2v) is 43.0. The van der Waals surface area contributed by atoms with Crippen LogP contribution in [0.25, 0.3) is 0 Å². The third-order valence-electron chi connectivity index (χ3n) is 21.9. The number of pyridine rings is 1. The normalized spacial score (nSPS) is 16.7. The minimum atomic E-state index is -0.686. The topological polar surface area (TPSA) is 125 Å². The number of nitrogens with zero attached hydrogens (tertiary/aromatic N) is 8. The van der Waals surface area contributed by atoms with Gasteiger partial charge in [0.1, 0.15) is 17.5 Å². The van der Waals surface area contributed by atoms with Crippen molar-refractivity contribution in [1.82, 2.24) is 38.5 Å². The molecular weight excluding hydrogens is 2140 g/mol. The van der Waals surface area contributed by atoms with Crippen LogP contribution in [0.5, 0.6) is 0 Å². The summed E-state index contributed by atoms with van der Waals surface area (Å²) in [5.41, 5.74) is 17.6. The first-order chi connectivity index (χ1) is 60.9. The molecule has 0 amide bonds. The summed E-state index contributed by atoms with van der Waals surface area (Å²) in [7, 11) is 0. The Morgan fingerprint density at radius 3 is 1.23 bits per heavy atom. The van der Waals surface area contributed by atoms with Crippen LogP contribution in [0.15, 0.2) is 103 Å². The van der Waals surface area contributed by atoms with Crippen molar-refractivity contribution in [1.29, 1.82) is 0 Å². The van der Waals surface area contributed by atoms with Crippen molar-refractivity contribution < 1.29 is 82.6 Å². The minimum Gasteiger partial charge on any atom is -0.481 e. The molecule has 133 heavy (non-hydrogen) atoms. The average Bonchev–Trinajstić information content (AvgIpc) is 1.63. The number of carboxylic acids is 1. The predicted molar refractivity (Wildman–Crippen MR) is 567 cm³/mol. The van der Waals surface area contributed by atoms with Gasteiger partial charge in [-0.05, 0) is 142 Å². The van der Waals surface area contributed by atoms with Gasteiger partial charge in [-0.1, -0.05) is 301 Å². The van der Waals surface area contributed by atoms with Gasteiger partial charge in [0, 0.05) is 79.6 Å². The SMILES string of the molecule is CC.CC.CC.CC.CC(C)(C)c1c[c-]ccc1.CC(C)(C)c1ccc[c-]n1.CC(C)C1=CCN(CC(C)(C)C)CC1.CC(C)c1c[c-]ccc1.CC(C)c1ccc(CC(C)(C)C)cc1.CC(C)c1nc2c(n1C[C@@H]1CCO1)CC(C(=O)O)CC2.CC1CCc2nc(C(C)(C)C)n(C(C)C)c2C1.CC1CCc2nc(C(C)C)n(C[C@@H]3CCO3)c2C1.C[C-](C)C.C[CH-]C.C[CH-]C.[W+2].[W+2].[W+2]. The number of carbonyl (C=O) groups is 1. The summed E-state index contributed by atoms with van der Waals surface area (Å²) < 4.78 is 18.3. The number of aromatic nitrogens is 7. The molecule has 7 heterocycles. The fraction of sp³-hybridized carbons (Fsp3) is 0.678. The van der Waals surface area contributed by atoms with Crippen LogP contribution in [-0.2, 0) is 152 Å². The van der Waals surface area contributed by atoms with Gasteiger partial charge in [-0.15, -0.1) is 0 Å². The molecule has 4 aromatic heterocycles. The molecule has 15 heteroatoms. The standard InChI is InChI=1S/C15H22N2O3.C15H24N2O.C15H26N2.C14H22.C13H25N.C10H13.C9H12N.C9H11.C4H9.2C3H7.4C2H6.3W/c1-9(2)14-16-12-4-3-10(15(18)19)7-13(12)17(14)8-11-5-6-20-11;1-10(2)15-16-13-5-4-11(3)8-14(13)17(15)9-12-6-7-18-12;1-10(2)17-13-9-11(3)7-8-12(13)16-14(17)15(4,5)6;1-11(2)13-8-6-12(7-9-13)10-14(3,4)5;1-11(2)12-6-8-14(9-7-12)10-13(3,4)5;1-10(2,3)9-7-5-4-6-8-9;1-9(2,3)8-6-4-5-7-10-8;1-8(2)9-6-4-3-5-7-9;1-4(2)3;2*1-3-2;4*1-2;;;/h9-11H,3-8H2,1-2H3,(H,18,19);10-12H,4-9H2,1-3H3;10-11H,7-9H2,1-6H3;6-9,11H,10H2,1-5H3;6,11H,7-10H2,1-5H3;4-5,7-8H,1-3H3;4-6H,1-3H3;3-4,6-8H,1-2H3;1-3H3;2*3H,1-2H3;4*1-2H3;;;/q;;;;;6*-1;;;;;3*+2/t10?,11-;11?,12-;;;;;;;;;;;;;;;;/m00................/s1. The smallest absolute Gasteiger partial charge is 0.481 e. The number of ether oxygens (including phenoxy) is 2. The molecule has 3 aliphatic heterocycles. The largest absolute Gasteiger partial charge is 2.00 e. The van der Waals surface area contributed by atoms with Crippen molar-refractivity contribution in [2.24, 2.45) is 34.5 Å². The van der Waals surface area contributed by atoms with E-state index < -0.39 is 5.97 Å². The zero-order valence-electron chi connectivity index (χ0n) is 93.9. The van der Waals surface area contributed by atoms with Gasteiger partial charge in [-0.3, -0.25) is 9.69 Å². The van der Waals surface area contributed by atoms with E-state index in [0.717, 1.165) is 99.2 Å². The minimum absolute atomic E-state index is 0. The Balaban J connectivity index is -0.000000460. The van der Waals surface area contributed by atoms with E-state index in [9.17, 15) is 9.90 Å². The number of aryl methyl sites for hydroxylation is 3. The average molecular weight is 2350 g/mol. The molecule has 12 nitrogen and oxygen atoms in total. The Hall–Kier alpha value is -4.41. The van der Waals surface area contributed by atoms with Gasteiger partial charge in [0.15, 0.2) is 0 Å². The molecule has 3 aromatic carbocycles. The number of aliphatic carboxylic acids is 1. The Morgan fingerprint density at radius 1 is 0.504 bits per heavy atom. The number of carboxylic acid groups (broad SMARTS) is 1. The molecule has 13 rings (SSSR count). The van der Waals surface area contributed by atoms with E-state index in [1.807, 2.05) is 151 Å². The van der Waals surface area contributed by atoms with Gasteiger partial charge >= 0.3 is 69.2 Å². The maximum atomic E-state index is 11.3. The number of hydrogen-bond acceptors (Lipinski definition) is 8. The van der Waals surface area contributed by atoms with Gasteiger partial charge in [0.2, 0.25) is 0 Å². The number of benzene rings is 3. The molecule has 756 valence electrons. The maximum absolute atomic E-state index is 11.3. The molecule has 0 spiro atoms. The van der Waals surface area contributed by atoms with E-state index in [0.29, 0.717) is 59.5 Å². The fourth-order valence-corrected chi connectivity index (χ4v) is 15.1. The molecule has 2 saturated heterocycles. The number of imidazole rings is 3. The summed E-state index contributed by atoms with van der Waals surface area (Å²) in [6.45, 7) is 103. The Bertz CT molecular complexity index is 3960. The van der Waals surface area contributed by atoms with Crippen LogP contribution >= 0.6 is 0 Å². The second-order valence-electron chi connectivity index (χ2n) is 43.0. The molecule has 2 fully saturated rings. The Labute approximate surface area is 866 Å². The van der Waals surface area contributed by atoms with Gasteiger partial charge in [0.05, 0.1) is 48.3 Å². The Kier molecular flexibility index (Phi) is 74.1. The fourth-order valence-electron chi connectivity index (χ4n) is 15.1. The van der Waals surface area contributed by atoms with Crippen LogP contribution in [0.2, 0.25) is 0 Å². The van der Waals surface area contributed by atoms with Crippen molar-refractivity contribution in [3.63, 3.8) is 0 Å². The van der Waals surface area contributed by atoms with Crippen LogP contribution in [0.1, 0.15) is 452 Å². The third-order valence-corrected chi connectivity index (χ3v) is 21.9. The second kappa shape index (κ2) is 71.9. The molecule has 0 bridgehead atoms. The van der Waals surface area contributed by atoms with Crippen molar-refractivity contribution in [3.05, 3.63) is 219 Å². The number of rotatable bonds is 13. The van der Waals surface area contributed by atoms with E-state index >= 15 is 0 Å². The molecular formula is C118H202N8O4W3. The van der Waals surface area contributed by atoms with Gasteiger partial charge < -0.3 is 52.0 Å². The van der Waals surface area contributed by atoms with Crippen LogP contribution in [0.4, 0.5) is 0 Å². The first-order valence-corrected chi connectivity index (χ1v) is 51.1. The molecule has 0 saturated carbocycles. The maximum Gasteiger partial charge on any atom is 2.00 e. The zero-order chi connectivity index (χ0) is 100. The molecule has 1 N–H and O–H groups in total. The van der Waals surface area contributed by atoms with Crippen molar-refractivity contribution in [2.75, 3.05) is 32.8 Å². The first-order valence-electron chi connectivity index (χ1n) is 51.1. The summed E-state index contributed by atoms with van der Waals surface area (Å²) in [6, 6.07) is 37.7. The van der Waals surface area contributed by atoms with Crippen LogP contribution in [0, 0.1) is 71.6 Å². The molecule has 7 aromatic rings. The van der Waals surface area contributed by atoms with Crippen LogP contribution < -0.4 is 0 Å². The summed E-state index contributed by atoms with van der Waals surface area (Å²) in [4.78, 5) is 32.6. The van der Waals surface area contributed by atoms with E-state index in [4.69, 9.17) is 24.4 Å². The number of hydrogen-bond donors (Lipinski definition) is 1. The summed E-state index contributed by atoms with van der Waals surface area (Å²) in [5, 5.41) is 9.26. The van der Waals surface area contributed by atoms with E-state index in [1.54, 1.807) is 5.57 Å². The van der Waals surface area contributed by atoms with E-state index in [2.05, 4.69) is 306 Å². The molecule has 5 atom stereocenters. The van der Waals surface area contributed by atoms with Gasteiger partial charge in [-0.2, -0.15) is 138 Å². The van der Waals surface area contributed by atoms with Crippen molar-refractivity contribution >= 4 is 5.97 Å². The van der Waals surface area contributed by atoms with Crippen molar-refractivity contribution in [3.8, 4) is 0 Å². The first kappa shape index (κ1) is 137. The van der Waals surface area contributed by atoms with E-state index in [1.165, 1.54) is 121 Å². The predicted octanol–water partition coefficient (Wildman–Crippen LogP) is 32.3. The summed E-state index contributed by atoms with van der Waals surface area (Å²) in [5.74, 6) is 8.56. The molecule has 6 aliphatic rings.